The van der Waals surface area contributed by atoms with Crippen LogP contribution in [-0.2, 0) is 0 Å². The van der Waals surface area contributed by atoms with Gasteiger partial charge in [0.15, 0.2) is 4.96 Å². The van der Waals surface area contributed by atoms with Gasteiger partial charge < -0.3 is 10.8 Å². The average molecular weight is 211 g/mol. The minimum Gasteiger partial charge on any atom is -0.477 e. The van der Waals surface area contributed by atoms with Gasteiger partial charge in [-0.25, -0.2) is 14.2 Å². The average Bonchev–Trinajstić information content (AvgIpc) is 2.47. The molecule has 0 aliphatic heterocycles. The third-order valence-corrected chi connectivity index (χ3v) is 2.47. The highest BCUT2D eigenvalue weighted by Gasteiger charge is 2.12. The van der Waals surface area contributed by atoms with Gasteiger partial charge in [-0.05, 0) is 0 Å². The van der Waals surface area contributed by atoms with Crippen LogP contribution in [0.5, 0.6) is 0 Å². The van der Waals surface area contributed by atoms with Crippen LogP contribution in [0.3, 0.4) is 0 Å². The van der Waals surface area contributed by atoms with Gasteiger partial charge in [0.25, 0.3) is 5.56 Å². The molecule has 0 aliphatic rings. The molecule has 2 aromatic rings. The van der Waals surface area contributed by atoms with Crippen molar-refractivity contribution < 1.29 is 9.90 Å². The normalized spacial score (nSPS) is 10.6. The van der Waals surface area contributed by atoms with E-state index < -0.39 is 11.5 Å². The highest BCUT2D eigenvalue weighted by molar-refractivity contribution is 7.15. The zero-order valence-electron chi connectivity index (χ0n) is 6.80. The van der Waals surface area contributed by atoms with Gasteiger partial charge in [0.1, 0.15) is 11.5 Å². The minimum atomic E-state index is -1.16. The van der Waals surface area contributed by atoms with Crippen molar-refractivity contribution in [1.82, 2.24) is 9.38 Å². The van der Waals surface area contributed by atoms with Gasteiger partial charge in [-0.2, -0.15) is 0 Å². The molecule has 2 aromatic heterocycles. The largest absolute Gasteiger partial charge is 0.477 e. The summed E-state index contributed by atoms with van der Waals surface area (Å²) in [5, 5.41) is 10.1. The van der Waals surface area contributed by atoms with Crippen LogP contribution in [0.15, 0.2) is 16.2 Å². The van der Waals surface area contributed by atoms with Crippen LogP contribution < -0.4 is 11.3 Å². The van der Waals surface area contributed by atoms with Crippen molar-refractivity contribution in [1.29, 1.82) is 0 Å². The van der Waals surface area contributed by atoms with Gasteiger partial charge in [-0.3, -0.25) is 4.79 Å². The Kier molecular flexibility index (Phi) is 1.74. The van der Waals surface area contributed by atoms with E-state index in [-0.39, 0.29) is 16.5 Å². The molecule has 3 N–H and O–H groups in total. The predicted molar refractivity (Wildman–Crippen MR) is 50.7 cm³/mol. The van der Waals surface area contributed by atoms with Gasteiger partial charge in [-0.1, -0.05) is 0 Å². The fourth-order valence-corrected chi connectivity index (χ4v) is 1.96. The Labute approximate surface area is 81.2 Å². The fraction of sp³-hybridized carbons (Fsp3) is 0. The van der Waals surface area contributed by atoms with Crippen LogP contribution in [0.1, 0.15) is 10.5 Å². The number of aromatic nitrogens is 2. The molecule has 2 heterocycles. The van der Waals surface area contributed by atoms with Gasteiger partial charge in [0.2, 0.25) is 0 Å². The number of thiazole rings is 1. The topological polar surface area (TPSA) is 97.7 Å². The summed E-state index contributed by atoms with van der Waals surface area (Å²) in [4.78, 5) is 26.2. The number of carboxylic acid groups (broad SMARTS) is 1. The molecule has 14 heavy (non-hydrogen) atoms. The van der Waals surface area contributed by atoms with E-state index in [9.17, 15) is 9.59 Å². The first-order chi connectivity index (χ1) is 6.59. The van der Waals surface area contributed by atoms with Crippen molar-refractivity contribution in [3.63, 3.8) is 0 Å². The lowest BCUT2D eigenvalue weighted by Gasteiger charge is -1.95. The molecule has 0 amide bonds. The van der Waals surface area contributed by atoms with E-state index in [1.165, 1.54) is 5.38 Å². The van der Waals surface area contributed by atoms with Crippen LogP contribution in [0.2, 0.25) is 0 Å². The molecule has 0 fully saturated rings. The molecule has 72 valence electrons. The fourth-order valence-electron chi connectivity index (χ4n) is 1.09. The molecule has 0 aromatic carbocycles. The summed E-state index contributed by atoms with van der Waals surface area (Å²) in [6.07, 6.45) is 0. The summed E-state index contributed by atoms with van der Waals surface area (Å²) in [5.41, 5.74) is 4.77. The van der Waals surface area contributed by atoms with Crippen LogP contribution in [0, 0.1) is 0 Å². The lowest BCUT2D eigenvalue weighted by atomic mass is 10.5. The predicted octanol–water partition coefficient (Wildman–Crippen LogP) is 0.0364. The van der Waals surface area contributed by atoms with Crippen molar-refractivity contribution in [3.8, 4) is 0 Å². The van der Waals surface area contributed by atoms with Crippen LogP contribution in [0.25, 0.3) is 4.96 Å². The Morgan fingerprint density at radius 2 is 2.36 bits per heavy atom. The quantitative estimate of drug-likeness (QED) is 0.693. The third kappa shape index (κ3) is 1.14. The molecule has 0 unspecified atom stereocenters. The first kappa shape index (κ1) is 8.70. The molecule has 0 saturated carbocycles. The monoisotopic (exact) mass is 211 g/mol. The summed E-state index contributed by atoms with van der Waals surface area (Å²) in [6, 6.07) is 1.09. The molecule has 2 rings (SSSR count). The van der Waals surface area contributed by atoms with Crippen molar-refractivity contribution in [2.45, 2.75) is 0 Å². The smallest absolute Gasteiger partial charge is 0.353 e. The molecule has 0 atom stereocenters. The summed E-state index contributed by atoms with van der Waals surface area (Å²) in [7, 11) is 0. The summed E-state index contributed by atoms with van der Waals surface area (Å²) < 4.78 is 1.02. The maximum Gasteiger partial charge on any atom is 0.353 e. The van der Waals surface area contributed by atoms with Crippen molar-refractivity contribution >= 4 is 28.1 Å². The van der Waals surface area contributed by atoms with Gasteiger partial charge in [0.05, 0.1) is 0 Å². The summed E-state index contributed by atoms with van der Waals surface area (Å²) in [6.45, 7) is 0. The standard InChI is InChI=1S/C7H5N3O3S/c8-4-1-5(11)10-3(6(12)13)2-14-7(10)9-4/h1-2H,8H2,(H,12,13). The first-order valence-corrected chi connectivity index (χ1v) is 4.47. The molecule has 7 heteroatoms. The number of rotatable bonds is 1. The highest BCUT2D eigenvalue weighted by Crippen LogP contribution is 2.12. The van der Waals surface area contributed by atoms with Gasteiger partial charge in [-0.15, -0.1) is 11.3 Å². The number of fused-ring (bicyclic) bond motifs is 1. The Hall–Kier alpha value is -1.89. The Morgan fingerprint density at radius 3 is 3.00 bits per heavy atom. The second-order valence-corrected chi connectivity index (χ2v) is 3.40. The van der Waals surface area contributed by atoms with Gasteiger partial charge in [0, 0.05) is 11.4 Å². The maximum absolute atomic E-state index is 11.4. The molecular weight excluding hydrogens is 206 g/mol. The maximum atomic E-state index is 11.4. The highest BCUT2D eigenvalue weighted by atomic mass is 32.1. The van der Waals surface area contributed by atoms with Crippen LogP contribution in [-0.4, -0.2) is 20.5 Å². The lowest BCUT2D eigenvalue weighted by Crippen LogP contribution is -2.18. The van der Waals surface area contributed by atoms with E-state index in [0.29, 0.717) is 0 Å². The molecule has 6 nitrogen and oxygen atoms in total. The zero-order chi connectivity index (χ0) is 10.3. The molecule has 0 spiro atoms. The van der Waals surface area contributed by atoms with E-state index in [1.807, 2.05) is 0 Å². The van der Waals surface area contributed by atoms with E-state index in [1.54, 1.807) is 0 Å². The first-order valence-electron chi connectivity index (χ1n) is 3.59. The Morgan fingerprint density at radius 1 is 1.64 bits per heavy atom. The van der Waals surface area contributed by atoms with E-state index in [4.69, 9.17) is 10.8 Å². The van der Waals surface area contributed by atoms with Crippen molar-refractivity contribution in [2.75, 3.05) is 5.73 Å². The van der Waals surface area contributed by atoms with E-state index in [0.717, 1.165) is 21.8 Å². The number of carboxylic acids is 1. The Balaban J connectivity index is 2.93. The van der Waals surface area contributed by atoms with Crippen molar-refractivity contribution in [2.24, 2.45) is 0 Å². The zero-order valence-corrected chi connectivity index (χ0v) is 7.61. The molecule has 0 aliphatic carbocycles. The Bertz CT molecular complexity index is 571. The summed E-state index contributed by atoms with van der Waals surface area (Å²) >= 11 is 1.06. The van der Waals surface area contributed by atoms with Crippen LogP contribution in [0.4, 0.5) is 5.82 Å². The molecule has 0 bridgehead atoms. The lowest BCUT2D eigenvalue weighted by molar-refractivity contribution is 0.0689. The molecule has 0 radical (unpaired) electrons. The number of nitrogens with zero attached hydrogens (tertiary/aromatic N) is 2. The molecule has 0 saturated heterocycles. The second-order valence-electron chi connectivity index (χ2n) is 2.56. The second kappa shape index (κ2) is 2.81. The molecular formula is C7H5N3O3S. The number of aromatic carboxylic acids is 1. The van der Waals surface area contributed by atoms with Gasteiger partial charge >= 0.3 is 5.97 Å². The number of nitrogens with two attached hydrogens (primary N) is 1. The van der Waals surface area contributed by atoms with Crippen molar-refractivity contribution in [3.05, 3.63) is 27.5 Å². The number of hydrogen-bond acceptors (Lipinski definition) is 5. The minimum absolute atomic E-state index is 0.0915. The number of hydrogen-bond donors (Lipinski definition) is 2. The summed E-state index contributed by atoms with van der Waals surface area (Å²) in [5.74, 6) is -1.07. The van der Waals surface area contributed by atoms with Crippen LogP contribution >= 0.6 is 11.3 Å². The third-order valence-electron chi connectivity index (χ3n) is 1.64. The van der Waals surface area contributed by atoms with E-state index >= 15 is 0 Å². The number of carbonyl (C=O) groups is 1. The number of nitrogen functional groups attached to an aromatic ring is 1. The number of anilines is 1. The SMILES string of the molecule is Nc1cc(=O)n2c(C(=O)O)csc2n1. The van der Waals surface area contributed by atoms with E-state index in [2.05, 4.69) is 4.98 Å².